The van der Waals surface area contributed by atoms with Crippen molar-refractivity contribution in [1.82, 2.24) is 10.4 Å². The Labute approximate surface area is 90.5 Å². The fourth-order valence-electron chi connectivity index (χ4n) is 1.35. The highest BCUT2D eigenvalue weighted by molar-refractivity contribution is 6.01. The fraction of sp³-hybridized carbons (Fsp3) is 0.111. The zero-order valence-electron chi connectivity index (χ0n) is 8.38. The van der Waals surface area contributed by atoms with Gasteiger partial charge in [0.25, 0.3) is 11.6 Å². The van der Waals surface area contributed by atoms with Gasteiger partial charge in [-0.05, 0) is 6.07 Å². The van der Waals surface area contributed by atoms with Crippen molar-refractivity contribution >= 4 is 23.6 Å². The molecule has 0 unspecified atom stereocenters. The fourth-order valence-corrected chi connectivity index (χ4v) is 1.35. The lowest BCUT2D eigenvalue weighted by Crippen LogP contribution is -2.37. The van der Waals surface area contributed by atoms with Crippen molar-refractivity contribution in [3.63, 3.8) is 0 Å². The number of carbonyl (C=O) groups excluding carboxylic acids is 1. The quantitative estimate of drug-likeness (QED) is 0.561. The van der Waals surface area contributed by atoms with E-state index in [0.717, 1.165) is 0 Å². The highest BCUT2D eigenvalue weighted by atomic mass is 16.6. The van der Waals surface area contributed by atoms with Crippen LogP contribution in [0, 0.1) is 10.1 Å². The van der Waals surface area contributed by atoms with Crippen LogP contribution in [0.4, 0.5) is 11.4 Å². The third-order valence-corrected chi connectivity index (χ3v) is 2.18. The summed E-state index contributed by atoms with van der Waals surface area (Å²) in [6.07, 6.45) is 1.36. The molecule has 0 radical (unpaired) electrons. The lowest BCUT2D eigenvalue weighted by Gasteiger charge is -2.13. The van der Waals surface area contributed by atoms with E-state index in [4.69, 9.17) is 0 Å². The van der Waals surface area contributed by atoms with Gasteiger partial charge in [0, 0.05) is 19.2 Å². The maximum Gasteiger partial charge on any atom is 0.274 e. The van der Waals surface area contributed by atoms with Crippen LogP contribution in [0.3, 0.4) is 0 Å². The maximum atomic E-state index is 11.8. The molecule has 1 heterocycles. The van der Waals surface area contributed by atoms with Crippen LogP contribution in [0.5, 0.6) is 0 Å². The Hall–Kier alpha value is -2.44. The Morgan fingerprint density at radius 1 is 1.50 bits per heavy atom. The number of rotatable bonds is 1. The lowest BCUT2D eigenvalue weighted by atomic mass is 10.1. The second-order valence-electron chi connectivity index (χ2n) is 3.21. The Balaban J connectivity index is 2.56. The van der Waals surface area contributed by atoms with Gasteiger partial charge in [-0.1, -0.05) is 0 Å². The summed E-state index contributed by atoms with van der Waals surface area (Å²) in [5.74, 6) is -0.365. The van der Waals surface area contributed by atoms with Gasteiger partial charge in [0.1, 0.15) is 6.34 Å². The molecule has 0 fully saturated rings. The minimum Gasteiger partial charge on any atom is -0.285 e. The summed E-state index contributed by atoms with van der Waals surface area (Å²) in [6, 6.07) is 3.98. The van der Waals surface area contributed by atoms with E-state index in [0.29, 0.717) is 5.69 Å². The second kappa shape index (κ2) is 3.61. The predicted octanol–water partition coefficient (Wildman–Crippen LogP) is 0.845. The molecule has 1 aromatic rings. The van der Waals surface area contributed by atoms with Crippen molar-refractivity contribution in [3.8, 4) is 0 Å². The van der Waals surface area contributed by atoms with Crippen LogP contribution in [0.1, 0.15) is 10.4 Å². The van der Waals surface area contributed by atoms with Crippen molar-refractivity contribution in [2.45, 2.75) is 0 Å². The summed E-state index contributed by atoms with van der Waals surface area (Å²) in [5.41, 5.74) is 3.10. The summed E-state index contributed by atoms with van der Waals surface area (Å²) in [4.78, 5) is 25.8. The van der Waals surface area contributed by atoms with Gasteiger partial charge < -0.3 is 0 Å². The largest absolute Gasteiger partial charge is 0.285 e. The first-order valence-electron chi connectivity index (χ1n) is 4.45. The van der Waals surface area contributed by atoms with Gasteiger partial charge in [-0.25, -0.2) is 4.99 Å². The average molecular weight is 220 g/mol. The number of nitrogens with one attached hydrogen (secondary N) is 1. The van der Waals surface area contributed by atoms with Crippen LogP contribution in [0.15, 0.2) is 23.2 Å². The zero-order valence-corrected chi connectivity index (χ0v) is 8.38. The lowest BCUT2D eigenvalue weighted by molar-refractivity contribution is -0.384. The molecule has 16 heavy (non-hydrogen) atoms. The summed E-state index contributed by atoms with van der Waals surface area (Å²) in [7, 11) is 1.52. The number of hydrazine groups is 1. The van der Waals surface area contributed by atoms with Crippen LogP contribution in [-0.4, -0.2) is 29.2 Å². The Morgan fingerprint density at radius 2 is 2.25 bits per heavy atom. The van der Waals surface area contributed by atoms with Crippen molar-refractivity contribution in [2.24, 2.45) is 4.99 Å². The van der Waals surface area contributed by atoms with Crippen LogP contribution in [0.2, 0.25) is 0 Å². The summed E-state index contributed by atoms with van der Waals surface area (Å²) in [6.45, 7) is 0. The first-order valence-corrected chi connectivity index (χ1v) is 4.45. The zero-order chi connectivity index (χ0) is 11.7. The highest BCUT2D eigenvalue weighted by Crippen LogP contribution is 2.25. The summed E-state index contributed by atoms with van der Waals surface area (Å²) in [5, 5.41) is 11.8. The van der Waals surface area contributed by atoms with E-state index in [1.807, 2.05) is 0 Å². The van der Waals surface area contributed by atoms with E-state index in [-0.39, 0.29) is 17.2 Å². The number of nitro groups is 1. The molecule has 1 aliphatic rings. The maximum absolute atomic E-state index is 11.8. The molecule has 1 N–H and O–H groups in total. The molecule has 0 saturated carbocycles. The molecule has 1 aliphatic heterocycles. The van der Waals surface area contributed by atoms with E-state index in [9.17, 15) is 14.9 Å². The number of fused-ring (bicyclic) bond motifs is 1. The molecule has 0 atom stereocenters. The molecular formula is C9H8N4O3. The van der Waals surface area contributed by atoms with Crippen molar-refractivity contribution in [2.75, 3.05) is 7.05 Å². The van der Waals surface area contributed by atoms with Gasteiger partial charge in [0.2, 0.25) is 0 Å². The van der Waals surface area contributed by atoms with E-state index >= 15 is 0 Å². The number of nitrogens with zero attached hydrogens (tertiary/aromatic N) is 3. The number of aliphatic imine (C=N–C) groups is 1. The summed E-state index contributed by atoms with van der Waals surface area (Å²) >= 11 is 0. The van der Waals surface area contributed by atoms with Crippen LogP contribution in [-0.2, 0) is 0 Å². The molecule has 2 rings (SSSR count). The molecule has 7 heteroatoms. The number of hydrogen-bond donors (Lipinski definition) is 1. The minimum absolute atomic E-state index is 0.127. The Morgan fingerprint density at radius 3 is 2.94 bits per heavy atom. The number of non-ortho nitro benzene ring substituents is 1. The van der Waals surface area contributed by atoms with Gasteiger partial charge in [0.15, 0.2) is 0 Å². The summed E-state index contributed by atoms with van der Waals surface area (Å²) < 4.78 is 0. The predicted molar refractivity (Wildman–Crippen MR) is 56.5 cm³/mol. The smallest absolute Gasteiger partial charge is 0.274 e. The van der Waals surface area contributed by atoms with Gasteiger partial charge in [-0.15, -0.1) is 0 Å². The van der Waals surface area contributed by atoms with Crippen LogP contribution >= 0.6 is 0 Å². The molecule has 0 aliphatic carbocycles. The van der Waals surface area contributed by atoms with E-state index in [2.05, 4.69) is 10.4 Å². The van der Waals surface area contributed by atoms with E-state index in [1.54, 1.807) is 0 Å². The normalized spacial score (nSPS) is 14.1. The molecule has 82 valence electrons. The topological polar surface area (TPSA) is 87.8 Å². The second-order valence-corrected chi connectivity index (χ2v) is 3.21. The van der Waals surface area contributed by atoms with Gasteiger partial charge in [-0.3, -0.25) is 25.3 Å². The third-order valence-electron chi connectivity index (χ3n) is 2.18. The molecule has 0 bridgehead atoms. The molecule has 7 nitrogen and oxygen atoms in total. The molecule has 0 aromatic heterocycles. The number of amides is 1. The van der Waals surface area contributed by atoms with Crippen molar-refractivity contribution in [3.05, 3.63) is 33.9 Å². The Bertz CT molecular complexity index is 498. The SMILES string of the molecule is CN1NC=Nc2ccc([N+](=O)[O-])cc2C1=O. The van der Waals surface area contributed by atoms with Crippen LogP contribution in [0.25, 0.3) is 0 Å². The first-order chi connectivity index (χ1) is 7.59. The van der Waals surface area contributed by atoms with E-state index < -0.39 is 4.92 Å². The number of nitro benzene ring substituents is 1. The molecule has 0 spiro atoms. The molecule has 1 amide bonds. The van der Waals surface area contributed by atoms with Crippen molar-refractivity contribution < 1.29 is 9.72 Å². The first kappa shape index (κ1) is 10.1. The average Bonchev–Trinajstić information content (AvgIpc) is 2.40. The highest BCUT2D eigenvalue weighted by Gasteiger charge is 2.20. The number of benzene rings is 1. The molecule has 0 saturated heterocycles. The van der Waals surface area contributed by atoms with Gasteiger partial charge in [0.05, 0.1) is 16.2 Å². The van der Waals surface area contributed by atoms with Crippen LogP contribution < -0.4 is 5.43 Å². The van der Waals surface area contributed by atoms with Gasteiger partial charge >= 0.3 is 0 Å². The third kappa shape index (κ3) is 1.58. The monoisotopic (exact) mass is 220 g/mol. The van der Waals surface area contributed by atoms with Gasteiger partial charge in [-0.2, -0.15) is 0 Å². The molecule has 1 aromatic carbocycles. The number of hydrogen-bond acceptors (Lipinski definition) is 5. The molecular weight excluding hydrogens is 212 g/mol. The van der Waals surface area contributed by atoms with E-state index in [1.165, 1.54) is 36.6 Å². The standard InChI is InChI=1S/C9H8N4O3/c1-12-9(14)7-4-6(13(15)16)2-3-8(7)10-5-11-12/h2-5H,1H3,(H,10,11). The van der Waals surface area contributed by atoms with Crippen molar-refractivity contribution in [1.29, 1.82) is 0 Å². The minimum atomic E-state index is -0.546. The number of carbonyl (C=O) groups is 1. The Kier molecular flexibility index (Phi) is 2.28.